The van der Waals surface area contributed by atoms with Gasteiger partial charge >= 0.3 is 11.9 Å². The van der Waals surface area contributed by atoms with Crippen LogP contribution in [-0.4, -0.2) is 62.3 Å². The van der Waals surface area contributed by atoms with Crippen LogP contribution >= 0.6 is 0 Å². The molecule has 2 aromatic carbocycles. The lowest BCUT2D eigenvalue weighted by Crippen LogP contribution is -2.56. The van der Waals surface area contributed by atoms with Gasteiger partial charge in [-0.15, -0.1) is 0 Å². The average Bonchev–Trinajstić information content (AvgIpc) is 2.87. The number of amides is 2. The smallest absolute Gasteiger partial charge is 0.344 e. The zero-order chi connectivity index (χ0) is 26.1. The first-order valence-electron chi connectivity index (χ1n) is 11.7. The Morgan fingerprint density at radius 3 is 2.56 bits per heavy atom. The second kappa shape index (κ2) is 12.7. The summed E-state index contributed by atoms with van der Waals surface area (Å²) in [6, 6.07) is 13.8. The number of benzene rings is 2. The van der Waals surface area contributed by atoms with Crippen molar-refractivity contribution in [3.63, 3.8) is 0 Å². The van der Waals surface area contributed by atoms with E-state index < -0.39 is 36.0 Å². The molecule has 0 bridgehead atoms. The molecule has 0 saturated carbocycles. The first-order chi connectivity index (χ1) is 17.3. The number of hydrogen-bond donors (Lipinski definition) is 1. The van der Waals surface area contributed by atoms with Crippen molar-refractivity contribution in [2.24, 2.45) is 0 Å². The van der Waals surface area contributed by atoms with E-state index in [1.807, 2.05) is 19.1 Å². The number of anilines is 2. The largest absolute Gasteiger partial charge is 0.482 e. The lowest BCUT2D eigenvalue weighted by atomic mass is 10.1. The molecule has 0 radical (unpaired) electrons. The van der Waals surface area contributed by atoms with Crippen LogP contribution in [0.5, 0.6) is 5.75 Å². The maximum Gasteiger partial charge on any atom is 0.344 e. The maximum absolute atomic E-state index is 13.4. The highest BCUT2D eigenvalue weighted by Gasteiger charge is 2.42. The maximum atomic E-state index is 13.4. The van der Waals surface area contributed by atoms with Crippen LogP contribution in [0.3, 0.4) is 0 Å². The molecule has 3 rings (SSSR count). The molecule has 36 heavy (non-hydrogen) atoms. The Morgan fingerprint density at radius 1 is 1.14 bits per heavy atom. The molecule has 1 aliphatic heterocycles. The van der Waals surface area contributed by atoms with E-state index in [0.717, 1.165) is 18.9 Å². The molecular formula is C26H30N2O8. The molecule has 2 amide bonds. The van der Waals surface area contributed by atoms with E-state index in [4.69, 9.17) is 18.9 Å². The summed E-state index contributed by atoms with van der Waals surface area (Å²) >= 11 is 0. The van der Waals surface area contributed by atoms with Crippen LogP contribution in [0.2, 0.25) is 0 Å². The van der Waals surface area contributed by atoms with Gasteiger partial charge in [0.25, 0.3) is 11.8 Å². The third-order valence-corrected chi connectivity index (χ3v) is 5.37. The molecule has 0 spiro atoms. The highest BCUT2D eigenvalue weighted by Crippen LogP contribution is 2.26. The van der Waals surface area contributed by atoms with Crippen LogP contribution in [-0.2, 0) is 39.8 Å². The molecule has 1 heterocycles. The van der Waals surface area contributed by atoms with Gasteiger partial charge in [-0.2, -0.15) is 0 Å². The van der Waals surface area contributed by atoms with E-state index in [1.54, 1.807) is 43.3 Å². The molecule has 0 unspecified atom stereocenters. The topological polar surface area (TPSA) is 120 Å². The Bertz CT molecular complexity index is 1090. The average molecular weight is 499 g/mol. The Morgan fingerprint density at radius 2 is 1.89 bits per heavy atom. The van der Waals surface area contributed by atoms with Crippen LogP contribution in [0.1, 0.15) is 26.3 Å². The summed E-state index contributed by atoms with van der Waals surface area (Å²) in [6.45, 7) is 5.17. The minimum atomic E-state index is -1.49. The normalized spacial score (nSPS) is 16.1. The lowest BCUT2D eigenvalue weighted by molar-refractivity contribution is -0.167. The van der Waals surface area contributed by atoms with Gasteiger partial charge in [0.2, 0.25) is 6.10 Å². The number of esters is 2. The number of hydrogen-bond acceptors (Lipinski definition) is 8. The van der Waals surface area contributed by atoms with Crippen LogP contribution in [0.4, 0.5) is 11.4 Å². The van der Waals surface area contributed by atoms with E-state index in [0.29, 0.717) is 17.1 Å². The van der Waals surface area contributed by atoms with Crippen molar-refractivity contribution in [3.8, 4) is 5.75 Å². The van der Waals surface area contributed by atoms with Gasteiger partial charge in [-0.1, -0.05) is 25.1 Å². The van der Waals surface area contributed by atoms with Crippen LogP contribution in [0.15, 0.2) is 48.5 Å². The summed E-state index contributed by atoms with van der Waals surface area (Å²) in [7, 11) is 0. The summed E-state index contributed by atoms with van der Waals surface area (Å²) in [5, 5.41) is 2.69. The fraction of sp³-hybridized carbons (Fsp3) is 0.385. The van der Waals surface area contributed by atoms with Gasteiger partial charge in [-0.05, 0) is 43.2 Å². The summed E-state index contributed by atoms with van der Waals surface area (Å²) in [4.78, 5) is 51.2. The van der Waals surface area contributed by atoms with E-state index in [9.17, 15) is 19.2 Å². The molecule has 1 saturated heterocycles. The van der Waals surface area contributed by atoms with E-state index in [1.165, 1.54) is 4.90 Å². The standard InChI is InChI=1S/C26H30N2O8/c1-4-18-9-11-19(12-10-18)27-25(31)23(36-17(3)29)24-26(32)28(13-14-34-24)20-7-6-8-21(15-20)35-16-22(30)33-5-2/h6-12,15,23-24H,4-5,13-14,16H2,1-3H3,(H,27,31)/t23-,24-/m1/s1. The molecule has 192 valence electrons. The fourth-order valence-electron chi connectivity index (χ4n) is 3.63. The quantitative estimate of drug-likeness (QED) is 0.496. The Hall–Kier alpha value is -3.92. The zero-order valence-electron chi connectivity index (χ0n) is 20.5. The number of ether oxygens (including phenoxy) is 4. The van der Waals surface area contributed by atoms with E-state index in [-0.39, 0.29) is 26.4 Å². The number of aryl methyl sites for hydroxylation is 1. The van der Waals surface area contributed by atoms with Crippen LogP contribution in [0, 0.1) is 0 Å². The highest BCUT2D eigenvalue weighted by atomic mass is 16.6. The Balaban J connectivity index is 1.76. The lowest BCUT2D eigenvalue weighted by Gasteiger charge is -2.35. The minimum absolute atomic E-state index is 0.112. The van der Waals surface area contributed by atoms with Crippen molar-refractivity contribution in [1.29, 1.82) is 0 Å². The third-order valence-electron chi connectivity index (χ3n) is 5.37. The number of nitrogens with zero attached hydrogens (tertiary/aromatic N) is 1. The van der Waals surface area contributed by atoms with Crippen molar-refractivity contribution in [1.82, 2.24) is 0 Å². The van der Waals surface area contributed by atoms with Gasteiger partial charge in [-0.3, -0.25) is 14.4 Å². The molecule has 2 aromatic rings. The first kappa shape index (κ1) is 26.7. The first-order valence-corrected chi connectivity index (χ1v) is 11.7. The molecule has 0 aliphatic carbocycles. The minimum Gasteiger partial charge on any atom is -0.482 e. The van der Waals surface area contributed by atoms with Gasteiger partial charge < -0.3 is 29.2 Å². The molecule has 10 nitrogen and oxygen atoms in total. The molecule has 1 N–H and O–H groups in total. The van der Waals surface area contributed by atoms with Gasteiger partial charge in [0.05, 0.1) is 13.2 Å². The monoisotopic (exact) mass is 498 g/mol. The number of carbonyl (C=O) groups is 4. The number of morpholine rings is 1. The van der Waals surface area contributed by atoms with Crippen LogP contribution in [0.25, 0.3) is 0 Å². The molecule has 10 heteroatoms. The number of carbonyl (C=O) groups excluding carboxylic acids is 4. The van der Waals surface area contributed by atoms with E-state index >= 15 is 0 Å². The zero-order valence-corrected chi connectivity index (χ0v) is 20.5. The fourth-order valence-corrected chi connectivity index (χ4v) is 3.63. The SMILES string of the molecule is CCOC(=O)COc1cccc(N2CCO[C@H]([C@@H](OC(C)=O)C(=O)Nc3ccc(CC)cc3)C2=O)c1. The third kappa shape index (κ3) is 7.05. The summed E-state index contributed by atoms with van der Waals surface area (Å²) in [6.07, 6.45) is -1.99. The summed E-state index contributed by atoms with van der Waals surface area (Å²) in [5.41, 5.74) is 2.08. The van der Waals surface area contributed by atoms with Crippen LogP contribution < -0.4 is 15.0 Å². The Kier molecular flexibility index (Phi) is 9.40. The molecule has 0 aromatic heterocycles. The summed E-state index contributed by atoms with van der Waals surface area (Å²) in [5.74, 6) is -2.10. The predicted molar refractivity (Wildman–Crippen MR) is 131 cm³/mol. The van der Waals surface area contributed by atoms with Crippen molar-refractivity contribution >= 4 is 35.1 Å². The van der Waals surface area contributed by atoms with Gasteiger partial charge in [0.15, 0.2) is 12.7 Å². The second-order valence-corrected chi connectivity index (χ2v) is 7.94. The molecule has 1 aliphatic rings. The van der Waals surface area contributed by atoms with Crippen molar-refractivity contribution in [3.05, 3.63) is 54.1 Å². The van der Waals surface area contributed by atoms with Gasteiger partial charge in [-0.25, -0.2) is 4.79 Å². The predicted octanol–water partition coefficient (Wildman–Crippen LogP) is 2.49. The molecular weight excluding hydrogens is 468 g/mol. The van der Waals surface area contributed by atoms with Crippen molar-refractivity contribution < 1.29 is 38.1 Å². The number of nitrogens with one attached hydrogen (secondary N) is 1. The Labute approximate surface area is 209 Å². The second-order valence-electron chi connectivity index (χ2n) is 7.94. The van der Waals surface area contributed by atoms with Crippen molar-refractivity contribution in [2.45, 2.75) is 39.4 Å². The molecule has 2 atom stereocenters. The highest BCUT2D eigenvalue weighted by molar-refractivity contribution is 6.04. The molecule has 1 fully saturated rings. The summed E-state index contributed by atoms with van der Waals surface area (Å²) < 4.78 is 21.2. The van der Waals surface area contributed by atoms with Crippen molar-refractivity contribution in [2.75, 3.05) is 36.6 Å². The van der Waals surface area contributed by atoms with Gasteiger partial charge in [0, 0.05) is 30.9 Å². The van der Waals surface area contributed by atoms with Gasteiger partial charge in [0.1, 0.15) is 5.75 Å². The number of rotatable bonds is 10. The van der Waals surface area contributed by atoms with E-state index in [2.05, 4.69) is 5.32 Å².